The number of imidazole rings is 1. The van der Waals surface area contributed by atoms with E-state index in [4.69, 9.17) is 14.0 Å². The average Bonchev–Trinajstić information content (AvgIpc) is 3.02. The van der Waals surface area contributed by atoms with Gasteiger partial charge in [0, 0.05) is 20.2 Å². The predicted octanol–water partition coefficient (Wildman–Crippen LogP) is 0.961. The van der Waals surface area contributed by atoms with E-state index in [0.29, 0.717) is 17.6 Å². The highest BCUT2D eigenvalue weighted by Crippen LogP contribution is 2.44. The van der Waals surface area contributed by atoms with Crippen molar-refractivity contribution in [3.05, 3.63) is 18.9 Å². The van der Waals surface area contributed by atoms with Gasteiger partial charge in [0.05, 0.1) is 25.2 Å². The van der Waals surface area contributed by atoms with Crippen molar-refractivity contribution in [1.82, 2.24) is 19.5 Å². The van der Waals surface area contributed by atoms with Crippen LogP contribution in [0.4, 0.5) is 0 Å². The van der Waals surface area contributed by atoms with E-state index in [9.17, 15) is 9.46 Å². The minimum absolute atomic E-state index is 0.267. The van der Waals surface area contributed by atoms with Gasteiger partial charge in [0.15, 0.2) is 5.65 Å². The second-order valence-electron chi connectivity index (χ2n) is 5.15. The summed E-state index contributed by atoms with van der Waals surface area (Å²) in [6.45, 7) is 1.42. The third-order valence-corrected chi connectivity index (χ3v) is 4.05. The number of aromatic nitrogens is 4. The van der Waals surface area contributed by atoms with Crippen LogP contribution >= 0.6 is 7.60 Å². The van der Waals surface area contributed by atoms with E-state index in [0.717, 1.165) is 6.66 Å². The van der Waals surface area contributed by atoms with E-state index in [1.165, 1.54) is 13.4 Å². The van der Waals surface area contributed by atoms with E-state index in [1.54, 1.807) is 17.1 Å². The van der Waals surface area contributed by atoms with E-state index < -0.39 is 26.0 Å². The van der Waals surface area contributed by atoms with Gasteiger partial charge < -0.3 is 18.9 Å². The lowest BCUT2D eigenvalue weighted by Gasteiger charge is -2.19. The van der Waals surface area contributed by atoms with Gasteiger partial charge in [0.25, 0.3) is 0 Å². The van der Waals surface area contributed by atoms with Gasteiger partial charge in [-0.2, -0.15) is 0 Å². The highest BCUT2D eigenvalue weighted by molar-refractivity contribution is 7.51. The molecule has 0 amide bonds. The summed E-state index contributed by atoms with van der Waals surface area (Å²) in [7, 11) is -2.07. The molecule has 0 bridgehead atoms. The van der Waals surface area contributed by atoms with Crippen LogP contribution in [-0.4, -0.2) is 57.0 Å². The lowest BCUT2D eigenvalue weighted by Crippen LogP contribution is -2.27. The van der Waals surface area contributed by atoms with Crippen LogP contribution in [-0.2, 0) is 18.6 Å². The van der Waals surface area contributed by atoms with Crippen LogP contribution in [0.3, 0.4) is 0 Å². The molecule has 0 spiro atoms. The summed E-state index contributed by atoms with van der Waals surface area (Å²) in [5.41, 5.74) is 1.29. The van der Waals surface area contributed by atoms with Crippen molar-refractivity contribution in [3.8, 4) is 0 Å². The van der Waals surface area contributed by atoms with E-state index in [1.807, 2.05) is 0 Å². The molecule has 0 aromatic carbocycles. The maximum atomic E-state index is 11.5. The Bertz CT molecular complexity index is 702. The van der Waals surface area contributed by atoms with E-state index in [-0.39, 0.29) is 6.61 Å². The number of nitrogens with zero attached hydrogens (tertiary/aromatic N) is 4. The Morgan fingerprint density at radius 3 is 3.09 bits per heavy atom. The molecule has 10 heteroatoms. The fourth-order valence-electron chi connectivity index (χ4n) is 2.54. The molecule has 1 aliphatic heterocycles. The number of fused-ring (bicyclic) bond motifs is 1. The summed E-state index contributed by atoms with van der Waals surface area (Å²) in [5.74, 6) is 0. The Morgan fingerprint density at radius 1 is 1.55 bits per heavy atom. The molecule has 2 aromatic rings. The minimum Gasteiger partial charge on any atom is -0.382 e. The van der Waals surface area contributed by atoms with Gasteiger partial charge in [0.2, 0.25) is 0 Å². The highest BCUT2D eigenvalue weighted by atomic mass is 31.2. The van der Waals surface area contributed by atoms with Crippen molar-refractivity contribution < 1.29 is 23.5 Å². The summed E-state index contributed by atoms with van der Waals surface area (Å²) in [6.07, 6.45) is 3.70. The molecule has 1 fully saturated rings. The number of hydrogen-bond acceptors (Lipinski definition) is 7. The number of hydrogen-bond donors (Lipinski definition) is 1. The first kappa shape index (κ1) is 15.5. The van der Waals surface area contributed by atoms with E-state index >= 15 is 0 Å². The SMILES string of the molecule is COC[C@H]1O[C@@H](n2cnc3cncnc32)C[C@H]1O[P@](C)(=O)O. The minimum atomic E-state index is -3.61. The molecule has 1 aliphatic rings. The van der Waals surface area contributed by atoms with Crippen LogP contribution in [0, 0.1) is 0 Å². The number of ether oxygens (including phenoxy) is 2. The van der Waals surface area contributed by atoms with Gasteiger partial charge in [0.1, 0.15) is 24.2 Å². The van der Waals surface area contributed by atoms with Crippen LogP contribution in [0.5, 0.6) is 0 Å². The van der Waals surface area contributed by atoms with Crippen molar-refractivity contribution in [2.75, 3.05) is 20.4 Å². The molecule has 4 atom stereocenters. The standard InChI is InChI=1S/C12H17N4O5P/c1-19-5-10-9(21-22(2,17)18)3-11(20-10)16-7-15-8-4-13-6-14-12(8)16/h4,6-7,9-11H,3,5H2,1-2H3,(H,17,18)/t9-,10-,11-/m1/s1. The highest BCUT2D eigenvalue weighted by Gasteiger charge is 2.40. The largest absolute Gasteiger partial charge is 0.382 e. The van der Waals surface area contributed by atoms with Crippen molar-refractivity contribution in [2.24, 2.45) is 0 Å². The molecular weight excluding hydrogens is 311 g/mol. The van der Waals surface area contributed by atoms with Crippen LogP contribution in [0.1, 0.15) is 12.6 Å². The lowest BCUT2D eigenvalue weighted by atomic mass is 10.2. The van der Waals surface area contributed by atoms with E-state index in [2.05, 4.69) is 15.0 Å². The van der Waals surface area contributed by atoms with Crippen molar-refractivity contribution >= 4 is 18.8 Å². The van der Waals surface area contributed by atoms with Crippen molar-refractivity contribution in [3.63, 3.8) is 0 Å². The molecular formula is C12H17N4O5P. The fraction of sp³-hybridized carbons (Fsp3) is 0.583. The molecule has 1 saturated heterocycles. The Hall–Kier alpha value is -1.38. The summed E-state index contributed by atoms with van der Waals surface area (Å²) in [6, 6.07) is 0. The summed E-state index contributed by atoms with van der Waals surface area (Å²) in [5, 5.41) is 0. The van der Waals surface area contributed by atoms with Gasteiger partial charge in [-0.1, -0.05) is 0 Å². The second kappa shape index (κ2) is 6.02. The smallest absolute Gasteiger partial charge is 0.325 e. The van der Waals surface area contributed by atoms with Crippen molar-refractivity contribution in [1.29, 1.82) is 0 Å². The maximum Gasteiger partial charge on any atom is 0.325 e. The van der Waals surface area contributed by atoms with Crippen LogP contribution in [0.15, 0.2) is 18.9 Å². The van der Waals surface area contributed by atoms with Gasteiger partial charge in [-0.05, 0) is 0 Å². The van der Waals surface area contributed by atoms with Crippen molar-refractivity contribution in [2.45, 2.75) is 24.9 Å². The molecule has 9 nitrogen and oxygen atoms in total. The zero-order valence-electron chi connectivity index (χ0n) is 12.2. The fourth-order valence-corrected chi connectivity index (χ4v) is 3.27. The molecule has 0 saturated carbocycles. The number of methoxy groups -OCH3 is 1. The quantitative estimate of drug-likeness (QED) is 0.809. The van der Waals surface area contributed by atoms with Crippen LogP contribution in [0.2, 0.25) is 0 Å². The number of rotatable bonds is 5. The lowest BCUT2D eigenvalue weighted by molar-refractivity contribution is -0.0493. The monoisotopic (exact) mass is 328 g/mol. The summed E-state index contributed by atoms with van der Waals surface area (Å²) >= 11 is 0. The normalized spacial score (nSPS) is 28.0. The zero-order chi connectivity index (χ0) is 15.7. The zero-order valence-corrected chi connectivity index (χ0v) is 13.1. The molecule has 0 aliphatic carbocycles. The van der Waals surface area contributed by atoms with Gasteiger partial charge in [-0.25, -0.2) is 15.0 Å². The molecule has 0 radical (unpaired) electrons. The van der Waals surface area contributed by atoms with Gasteiger partial charge in [-0.3, -0.25) is 9.13 Å². The Kier molecular flexibility index (Phi) is 4.24. The Morgan fingerprint density at radius 2 is 2.36 bits per heavy atom. The van der Waals surface area contributed by atoms with Crippen LogP contribution < -0.4 is 0 Å². The maximum absolute atomic E-state index is 11.5. The molecule has 3 heterocycles. The molecule has 1 N–H and O–H groups in total. The first-order chi connectivity index (χ1) is 10.5. The molecule has 2 aromatic heterocycles. The Balaban J connectivity index is 1.85. The summed E-state index contributed by atoms with van der Waals surface area (Å²) < 4.78 is 29.5. The topological polar surface area (TPSA) is 109 Å². The Labute approximate surface area is 126 Å². The molecule has 0 unspecified atom stereocenters. The van der Waals surface area contributed by atoms with Crippen LogP contribution in [0.25, 0.3) is 11.2 Å². The summed E-state index contributed by atoms with van der Waals surface area (Å²) in [4.78, 5) is 21.8. The first-order valence-corrected chi connectivity index (χ1v) is 8.76. The molecule has 22 heavy (non-hydrogen) atoms. The second-order valence-corrected chi connectivity index (χ2v) is 6.97. The third kappa shape index (κ3) is 3.18. The average molecular weight is 328 g/mol. The predicted molar refractivity (Wildman–Crippen MR) is 76.3 cm³/mol. The molecule has 120 valence electrons. The van der Waals surface area contributed by atoms with Gasteiger partial charge in [-0.15, -0.1) is 0 Å². The third-order valence-electron chi connectivity index (χ3n) is 3.39. The van der Waals surface area contributed by atoms with Gasteiger partial charge >= 0.3 is 7.60 Å². The molecule has 3 rings (SSSR count). The first-order valence-electron chi connectivity index (χ1n) is 6.73.